The number of hydrogen-bond donors (Lipinski definition) is 0. The maximum Gasteiger partial charge on any atom is 0.277 e. The first kappa shape index (κ1) is 16.1. The summed E-state index contributed by atoms with van der Waals surface area (Å²) in [6.45, 7) is 6.15. The van der Waals surface area contributed by atoms with Crippen LogP contribution in [0.5, 0.6) is 0 Å². The summed E-state index contributed by atoms with van der Waals surface area (Å²) in [6.07, 6.45) is 2.66. The van der Waals surface area contributed by atoms with Crippen molar-refractivity contribution in [1.82, 2.24) is 9.88 Å². The summed E-state index contributed by atoms with van der Waals surface area (Å²) >= 11 is 0. The maximum absolute atomic E-state index is 13.1. The second-order valence-corrected chi connectivity index (χ2v) is 7.05. The minimum atomic E-state index is -0.00609. The Bertz CT molecular complexity index is 783. The van der Waals surface area contributed by atoms with Gasteiger partial charge in [0.25, 0.3) is 5.91 Å². The van der Waals surface area contributed by atoms with Crippen molar-refractivity contribution in [2.75, 3.05) is 43.0 Å². The molecule has 1 saturated heterocycles. The van der Waals surface area contributed by atoms with Gasteiger partial charge in [-0.05, 0) is 44.2 Å². The molecule has 1 amide bonds. The Labute approximate surface area is 148 Å². The summed E-state index contributed by atoms with van der Waals surface area (Å²) in [7, 11) is 2.14. The van der Waals surface area contributed by atoms with Crippen molar-refractivity contribution in [2.24, 2.45) is 0 Å². The van der Waals surface area contributed by atoms with E-state index in [2.05, 4.69) is 34.8 Å². The van der Waals surface area contributed by atoms with E-state index < -0.39 is 0 Å². The third kappa shape index (κ3) is 3.00. The molecule has 0 radical (unpaired) electrons. The van der Waals surface area contributed by atoms with Crippen LogP contribution in [0.15, 0.2) is 42.6 Å². The normalized spacial score (nSPS) is 20.6. The molecule has 1 fully saturated rings. The topological polar surface area (TPSA) is 39.7 Å². The van der Waals surface area contributed by atoms with Gasteiger partial charge < -0.3 is 14.7 Å². The number of para-hydroxylation sites is 1. The molecule has 1 atom stereocenters. The van der Waals surface area contributed by atoms with Crippen molar-refractivity contribution >= 4 is 17.3 Å². The van der Waals surface area contributed by atoms with Crippen LogP contribution in [0.2, 0.25) is 0 Å². The summed E-state index contributed by atoms with van der Waals surface area (Å²) < 4.78 is 0. The average molecular weight is 336 g/mol. The number of hydrogen-bond acceptors (Lipinski definition) is 4. The summed E-state index contributed by atoms with van der Waals surface area (Å²) in [5.74, 6) is -0.00609. The number of amides is 1. The van der Waals surface area contributed by atoms with Crippen molar-refractivity contribution in [3.63, 3.8) is 0 Å². The molecule has 1 aromatic carbocycles. The highest BCUT2D eigenvalue weighted by atomic mass is 16.2. The van der Waals surface area contributed by atoms with E-state index in [9.17, 15) is 4.79 Å². The lowest BCUT2D eigenvalue weighted by atomic mass is 10.1. The van der Waals surface area contributed by atoms with Crippen LogP contribution in [0, 0.1) is 0 Å². The van der Waals surface area contributed by atoms with Crippen molar-refractivity contribution < 1.29 is 4.79 Å². The molecule has 1 unspecified atom stereocenters. The molecular formula is C20H24N4O. The van der Waals surface area contributed by atoms with Gasteiger partial charge in [-0.3, -0.25) is 9.78 Å². The SMILES string of the molecule is CC1Cc2ccccc2N1C(=O)c1cc(N2CCN(C)CC2)ccn1. The van der Waals surface area contributed by atoms with E-state index in [0.29, 0.717) is 5.69 Å². The maximum atomic E-state index is 13.1. The van der Waals surface area contributed by atoms with Gasteiger partial charge in [0.15, 0.2) is 0 Å². The van der Waals surface area contributed by atoms with Gasteiger partial charge in [0.1, 0.15) is 5.69 Å². The van der Waals surface area contributed by atoms with E-state index in [1.165, 1.54) is 5.56 Å². The van der Waals surface area contributed by atoms with Gasteiger partial charge in [-0.15, -0.1) is 0 Å². The molecule has 0 spiro atoms. The molecule has 2 aromatic rings. The Kier molecular flexibility index (Phi) is 4.17. The van der Waals surface area contributed by atoms with E-state index in [0.717, 1.165) is 44.0 Å². The van der Waals surface area contributed by atoms with Gasteiger partial charge in [-0.2, -0.15) is 0 Å². The molecule has 1 aromatic heterocycles. The molecule has 2 aliphatic rings. The number of anilines is 2. The van der Waals surface area contributed by atoms with Gasteiger partial charge >= 0.3 is 0 Å². The molecule has 0 saturated carbocycles. The Hall–Kier alpha value is -2.40. The average Bonchev–Trinajstić information content (AvgIpc) is 2.97. The first-order chi connectivity index (χ1) is 12.1. The van der Waals surface area contributed by atoms with Crippen LogP contribution in [0.3, 0.4) is 0 Å². The molecule has 3 heterocycles. The lowest BCUT2D eigenvalue weighted by Gasteiger charge is -2.34. The second kappa shape index (κ2) is 6.48. The molecule has 5 nitrogen and oxygen atoms in total. The number of pyridine rings is 1. The molecule has 4 rings (SSSR count). The second-order valence-electron chi connectivity index (χ2n) is 7.05. The number of fused-ring (bicyclic) bond motifs is 1. The highest BCUT2D eigenvalue weighted by Crippen LogP contribution is 2.33. The van der Waals surface area contributed by atoms with Crippen LogP contribution in [-0.2, 0) is 6.42 Å². The van der Waals surface area contributed by atoms with Gasteiger partial charge in [0.05, 0.1) is 0 Å². The van der Waals surface area contributed by atoms with Crippen LogP contribution in [-0.4, -0.2) is 55.1 Å². The zero-order valence-electron chi connectivity index (χ0n) is 14.9. The molecule has 2 aliphatic heterocycles. The summed E-state index contributed by atoms with van der Waals surface area (Å²) in [4.78, 5) is 24.1. The van der Waals surface area contributed by atoms with Gasteiger partial charge in [-0.25, -0.2) is 0 Å². The highest BCUT2D eigenvalue weighted by Gasteiger charge is 2.32. The molecule has 130 valence electrons. The number of rotatable bonds is 2. The number of nitrogens with zero attached hydrogens (tertiary/aromatic N) is 4. The number of piperazine rings is 1. The summed E-state index contributed by atoms with van der Waals surface area (Å²) in [5, 5.41) is 0. The molecule has 0 aliphatic carbocycles. The number of likely N-dealkylation sites (N-methyl/N-ethyl adjacent to an activating group) is 1. The monoisotopic (exact) mass is 336 g/mol. The molecule has 25 heavy (non-hydrogen) atoms. The number of carbonyl (C=O) groups excluding carboxylic acids is 1. The third-order valence-corrected chi connectivity index (χ3v) is 5.26. The number of benzene rings is 1. The van der Waals surface area contributed by atoms with Crippen molar-refractivity contribution in [3.05, 3.63) is 53.9 Å². The molecule has 0 N–H and O–H groups in total. The minimum Gasteiger partial charge on any atom is -0.369 e. The first-order valence-electron chi connectivity index (χ1n) is 8.94. The van der Waals surface area contributed by atoms with Crippen LogP contribution < -0.4 is 9.80 Å². The number of carbonyl (C=O) groups is 1. The van der Waals surface area contributed by atoms with E-state index in [1.54, 1.807) is 6.20 Å². The van der Waals surface area contributed by atoms with Crippen LogP contribution >= 0.6 is 0 Å². The fourth-order valence-electron chi connectivity index (χ4n) is 3.80. The Morgan fingerprint density at radius 2 is 1.88 bits per heavy atom. The van der Waals surface area contributed by atoms with Crippen molar-refractivity contribution in [1.29, 1.82) is 0 Å². The van der Waals surface area contributed by atoms with Crippen LogP contribution in [0.25, 0.3) is 0 Å². The van der Waals surface area contributed by atoms with Crippen LogP contribution in [0.4, 0.5) is 11.4 Å². The van der Waals surface area contributed by atoms with Crippen molar-refractivity contribution in [2.45, 2.75) is 19.4 Å². The van der Waals surface area contributed by atoms with Crippen molar-refractivity contribution in [3.8, 4) is 0 Å². The smallest absolute Gasteiger partial charge is 0.277 e. The molecular weight excluding hydrogens is 312 g/mol. The van der Waals surface area contributed by atoms with Gasteiger partial charge in [-0.1, -0.05) is 18.2 Å². The zero-order valence-corrected chi connectivity index (χ0v) is 14.9. The Morgan fingerprint density at radius 1 is 1.12 bits per heavy atom. The highest BCUT2D eigenvalue weighted by molar-refractivity contribution is 6.07. The van der Waals surface area contributed by atoms with E-state index in [-0.39, 0.29) is 11.9 Å². The standard InChI is InChI=1S/C20H24N4O/c1-15-13-16-5-3-4-6-19(16)24(15)20(25)18-14-17(7-8-21-18)23-11-9-22(2)10-12-23/h3-8,14-15H,9-13H2,1-2H3. The lowest BCUT2D eigenvalue weighted by Crippen LogP contribution is -2.44. The molecule has 0 bridgehead atoms. The first-order valence-corrected chi connectivity index (χ1v) is 8.94. The minimum absolute atomic E-state index is 0.00609. The summed E-state index contributed by atoms with van der Waals surface area (Å²) in [6, 6.07) is 12.3. The van der Waals surface area contributed by atoms with Gasteiger partial charge in [0, 0.05) is 49.8 Å². The Balaban J connectivity index is 1.60. The summed E-state index contributed by atoms with van der Waals surface area (Å²) in [5.41, 5.74) is 3.87. The third-order valence-electron chi connectivity index (χ3n) is 5.26. The quantitative estimate of drug-likeness (QED) is 0.844. The lowest BCUT2D eigenvalue weighted by molar-refractivity contribution is 0.0976. The fraction of sp³-hybridized carbons (Fsp3) is 0.400. The van der Waals surface area contributed by atoms with Gasteiger partial charge in [0.2, 0.25) is 0 Å². The van der Waals surface area contributed by atoms with Crippen LogP contribution in [0.1, 0.15) is 23.0 Å². The Morgan fingerprint density at radius 3 is 2.68 bits per heavy atom. The predicted molar refractivity (Wildman–Crippen MR) is 100 cm³/mol. The van der Waals surface area contributed by atoms with E-state index in [4.69, 9.17) is 0 Å². The fourth-order valence-corrected chi connectivity index (χ4v) is 3.80. The van der Waals surface area contributed by atoms with E-state index in [1.807, 2.05) is 35.2 Å². The largest absolute Gasteiger partial charge is 0.369 e. The predicted octanol–water partition coefficient (Wildman–Crippen LogP) is 2.42. The number of aromatic nitrogens is 1. The molecule has 5 heteroatoms. The zero-order chi connectivity index (χ0) is 17.4. The van der Waals surface area contributed by atoms with E-state index >= 15 is 0 Å².